The van der Waals surface area contributed by atoms with Crippen LogP contribution < -0.4 is 0 Å². The van der Waals surface area contributed by atoms with E-state index in [2.05, 4.69) is 0 Å². The van der Waals surface area contributed by atoms with E-state index in [0.29, 0.717) is 6.42 Å². The van der Waals surface area contributed by atoms with Gasteiger partial charge < -0.3 is 5.11 Å². The van der Waals surface area contributed by atoms with Crippen LogP contribution in [-0.4, -0.2) is 37.5 Å². The number of aliphatic hydroxyl groups is 1. The van der Waals surface area contributed by atoms with E-state index in [1.807, 2.05) is 0 Å². The monoisotopic (exact) mass is 301 g/mol. The zero-order valence-electron chi connectivity index (χ0n) is 11.5. The molecule has 20 heavy (non-hydrogen) atoms. The Morgan fingerprint density at radius 2 is 1.95 bits per heavy atom. The van der Waals surface area contributed by atoms with Gasteiger partial charge in [0.25, 0.3) is 0 Å². The molecule has 2 unspecified atom stereocenters. The second kappa shape index (κ2) is 6.20. The van der Waals surface area contributed by atoms with Crippen molar-refractivity contribution in [3.8, 4) is 0 Å². The molecule has 6 heteroatoms. The first-order chi connectivity index (χ1) is 9.43. The molecule has 2 rings (SSSR count). The molecule has 1 fully saturated rings. The van der Waals surface area contributed by atoms with Crippen LogP contribution in [0.25, 0.3) is 0 Å². The quantitative estimate of drug-likeness (QED) is 0.925. The summed E-state index contributed by atoms with van der Waals surface area (Å²) in [6.45, 7) is 0.220. The largest absolute Gasteiger partial charge is 0.393 e. The Morgan fingerprint density at radius 3 is 2.60 bits per heavy atom. The van der Waals surface area contributed by atoms with E-state index < -0.39 is 21.9 Å². The molecule has 0 saturated heterocycles. The van der Waals surface area contributed by atoms with Crippen LogP contribution in [0.5, 0.6) is 0 Å². The average molecular weight is 301 g/mol. The van der Waals surface area contributed by atoms with Gasteiger partial charge in [-0.3, -0.25) is 0 Å². The summed E-state index contributed by atoms with van der Waals surface area (Å²) in [6, 6.07) is 5.35. The zero-order chi connectivity index (χ0) is 14.8. The Bertz CT molecular complexity index is 561. The van der Waals surface area contributed by atoms with Gasteiger partial charge in [-0.1, -0.05) is 25.0 Å². The predicted molar refractivity (Wildman–Crippen MR) is 74.2 cm³/mol. The minimum Gasteiger partial charge on any atom is -0.393 e. The van der Waals surface area contributed by atoms with Gasteiger partial charge in [0, 0.05) is 13.6 Å². The highest BCUT2D eigenvalue weighted by Gasteiger charge is 2.30. The van der Waals surface area contributed by atoms with Gasteiger partial charge in [-0.05, 0) is 30.9 Å². The highest BCUT2D eigenvalue weighted by atomic mass is 32.2. The maximum atomic E-state index is 13.6. The van der Waals surface area contributed by atoms with Crippen LogP contribution in [0, 0.1) is 11.7 Å². The first-order valence-corrected chi connectivity index (χ1v) is 8.26. The van der Waals surface area contributed by atoms with Gasteiger partial charge in [-0.2, -0.15) is 0 Å². The van der Waals surface area contributed by atoms with Crippen molar-refractivity contribution in [3.63, 3.8) is 0 Å². The van der Waals surface area contributed by atoms with E-state index in [1.54, 1.807) is 0 Å². The van der Waals surface area contributed by atoms with Gasteiger partial charge in [0.1, 0.15) is 10.7 Å². The molecule has 1 saturated carbocycles. The van der Waals surface area contributed by atoms with Crippen LogP contribution >= 0.6 is 0 Å². The zero-order valence-corrected chi connectivity index (χ0v) is 12.3. The van der Waals surface area contributed by atoms with Crippen molar-refractivity contribution < 1.29 is 17.9 Å². The Morgan fingerprint density at radius 1 is 1.30 bits per heavy atom. The number of benzene rings is 1. The number of rotatable bonds is 4. The minimum atomic E-state index is -3.85. The van der Waals surface area contributed by atoms with E-state index in [9.17, 15) is 17.9 Å². The summed E-state index contributed by atoms with van der Waals surface area (Å²) >= 11 is 0. The van der Waals surface area contributed by atoms with Gasteiger partial charge >= 0.3 is 0 Å². The third kappa shape index (κ3) is 3.19. The second-order valence-electron chi connectivity index (χ2n) is 5.33. The average Bonchev–Trinajstić information content (AvgIpc) is 2.41. The number of sulfonamides is 1. The van der Waals surface area contributed by atoms with Crippen molar-refractivity contribution in [1.29, 1.82) is 0 Å². The molecule has 0 amide bonds. The van der Waals surface area contributed by atoms with Crippen molar-refractivity contribution >= 4 is 10.0 Å². The van der Waals surface area contributed by atoms with Crippen LogP contribution in [0.3, 0.4) is 0 Å². The molecule has 1 aromatic rings. The fourth-order valence-electron chi connectivity index (χ4n) is 2.65. The van der Waals surface area contributed by atoms with Crippen LogP contribution in [0.1, 0.15) is 25.7 Å². The lowest BCUT2D eigenvalue weighted by molar-refractivity contribution is 0.0620. The Kier molecular flexibility index (Phi) is 4.78. The Labute approximate surface area is 119 Å². The van der Waals surface area contributed by atoms with Crippen LogP contribution in [0.2, 0.25) is 0 Å². The number of aliphatic hydroxyl groups excluding tert-OH is 1. The fraction of sp³-hybridized carbons (Fsp3) is 0.571. The molecule has 1 aromatic carbocycles. The number of halogens is 1. The third-order valence-electron chi connectivity index (χ3n) is 3.89. The first kappa shape index (κ1) is 15.4. The van der Waals surface area contributed by atoms with Crippen molar-refractivity contribution in [3.05, 3.63) is 30.1 Å². The molecule has 0 spiro atoms. The van der Waals surface area contributed by atoms with Crippen molar-refractivity contribution in [2.75, 3.05) is 13.6 Å². The summed E-state index contributed by atoms with van der Waals surface area (Å²) in [4.78, 5) is -0.312. The maximum absolute atomic E-state index is 13.6. The standard InChI is InChI=1S/C14H20FNO3S/c1-16(10-11-6-2-4-8-13(11)17)20(18,19)14-9-5-3-7-12(14)15/h3,5,7,9,11,13,17H,2,4,6,8,10H2,1H3. The summed E-state index contributed by atoms with van der Waals surface area (Å²) in [5, 5.41) is 9.91. The van der Waals surface area contributed by atoms with Crippen molar-refractivity contribution in [2.45, 2.75) is 36.7 Å². The molecule has 2 atom stereocenters. The third-order valence-corrected chi connectivity index (χ3v) is 5.74. The topological polar surface area (TPSA) is 57.6 Å². The summed E-state index contributed by atoms with van der Waals surface area (Å²) in [7, 11) is -2.41. The van der Waals surface area contributed by atoms with E-state index >= 15 is 0 Å². The van der Waals surface area contributed by atoms with Gasteiger partial charge in [-0.25, -0.2) is 17.1 Å². The van der Waals surface area contributed by atoms with Gasteiger partial charge in [0.05, 0.1) is 6.10 Å². The molecule has 1 aliphatic rings. The highest BCUT2D eigenvalue weighted by Crippen LogP contribution is 2.27. The normalized spacial score (nSPS) is 24.0. The molecule has 0 aliphatic heterocycles. The number of hydrogen-bond donors (Lipinski definition) is 1. The van der Waals surface area contributed by atoms with Crippen molar-refractivity contribution in [2.24, 2.45) is 5.92 Å². The highest BCUT2D eigenvalue weighted by molar-refractivity contribution is 7.89. The van der Waals surface area contributed by atoms with E-state index in [1.165, 1.54) is 25.2 Å². The van der Waals surface area contributed by atoms with Crippen LogP contribution in [-0.2, 0) is 10.0 Å². The van der Waals surface area contributed by atoms with Crippen LogP contribution in [0.15, 0.2) is 29.2 Å². The van der Waals surface area contributed by atoms with E-state index in [-0.39, 0.29) is 17.4 Å². The SMILES string of the molecule is CN(CC1CCCCC1O)S(=O)(=O)c1ccccc1F. The van der Waals surface area contributed by atoms with Gasteiger partial charge in [-0.15, -0.1) is 0 Å². The van der Waals surface area contributed by atoms with E-state index in [0.717, 1.165) is 29.6 Å². The van der Waals surface area contributed by atoms with Gasteiger partial charge in [0.2, 0.25) is 10.0 Å². The molecule has 112 valence electrons. The van der Waals surface area contributed by atoms with Crippen LogP contribution in [0.4, 0.5) is 4.39 Å². The molecule has 0 heterocycles. The molecule has 0 aromatic heterocycles. The molecular weight excluding hydrogens is 281 g/mol. The maximum Gasteiger partial charge on any atom is 0.245 e. The molecular formula is C14H20FNO3S. The lowest BCUT2D eigenvalue weighted by atomic mass is 9.86. The predicted octanol–water partition coefficient (Wildman–Crippen LogP) is 2.00. The lowest BCUT2D eigenvalue weighted by Gasteiger charge is -2.30. The molecule has 4 nitrogen and oxygen atoms in total. The molecule has 1 N–H and O–H groups in total. The number of hydrogen-bond acceptors (Lipinski definition) is 3. The number of nitrogens with zero attached hydrogens (tertiary/aromatic N) is 1. The molecule has 0 radical (unpaired) electrons. The van der Waals surface area contributed by atoms with Crippen molar-refractivity contribution in [1.82, 2.24) is 4.31 Å². The fourth-order valence-corrected chi connectivity index (χ4v) is 3.94. The Balaban J connectivity index is 2.15. The Hall–Kier alpha value is -0.980. The second-order valence-corrected chi connectivity index (χ2v) is 7.34. The summed E-state index contributed by atoms with van der Waals surface area (Å²) in [5.41, 5.74) is 0. The first-order valence-electron chi connectivity index (χ1n) is 6.82. The minimum absolute atomic E-state index is 0.0738. The smallest absolute Gasteiger partial charge is 0.245 e. The summed E-state index contributed by atoms with van der Waals surface area (Å²) in [6.07, 6.45) is 3.01. The van der Waals surface area contributed by atoms with Gasteiger partial charge in [0.15, 0.2) is 0 Å². The van der Waals surface area contributed by atoms with E-state index in [4.69, 9.17) is 0 Å². The summed E-state index contributed by atoms with van der Waals surface area (Å²) < 4.78 is 39.5. The lowest BCUT2D eigenvalue weighted by Crippen LogP contribution is -2.38. The summed E-state index contributed by atoms with van der Waals surface area (Å²) in [5.74, 6) is -0.821. The molecule has 0 bridgehead atoms. The molecule has 1 aliphatic carbocycles.